The molecule has 2 aliphatic rings. The number of carbonyl (C=O) groups is 3. The van der Waals surface area contributed by atoms with E-state index in [1.807, 2.05) is 19.9 Å². The highest BCUT2D eigenvalue weighted by Crippen LogP contribution is 2.34. The fourth-order valence-corrected chi connectivity index (χ4v) is 4.87. The second-order valence-electron chi connectivity index (χ2n) is 7.95. The van der Waals surface area contributed by atoms with Gasteiger partial charge in [0, 0.05) is 23.7 Å². The van der Waals surface area contributed by atoms with Crippen molar-refractivity contribution < 1.29 is 19.1 Å². The van der Waals surface area contributed by atoms with Crippen molar-refractivity contribution in [1.82, 2.24) is 9.80 Å². The molecule has 0 spiro atoms. The Kier molecular flexibility index (Phi) is 6.69. The highest BCUT2D eigenvalue weighted by Gasteiger charge is 2.35. The number of imide groups is 1. The zero-order valence-corrected chi connectivity index (χ0v) is 19.4. The van der Waals surface area contributed by atoms with Crippen LogP contribution in [0.4, 0.5) is 4.79 Å². The molecule has 2 unspecified atom stereocenters. The highest BCUT2D eigenvalue weighted by molar-refractivity contribution is 8.18. The van der Waals surface area contributed by atoms with E-state index in [1.54, 1.807) is 53.4 Å². The largest absolute Gasteiger partial charge is 0.372 e. The minimum absolute atomic E-state index is 0.00311. The van der Waals surface area contributed by atoms with Gasteiger partial charge in [0.05, 0.1) is 23.7 Å². The smallest absolute Gasteiger partial charge is 0.293 e. The van der Waals surface area contributed by atoms with Gasteiger partial charge in [-0.05, 0) is 61.0 Å². The van der Waals surface area contributed by atoms with Gasteiger partial charge in [-0.15, -0.1) is 0 Å². The molecule has 2 saturated heterocycles. The number of halogens is 1. The van der Waals surface area contributed by atoms with Gasteiger partial charge in [0.1, 0.15) is 0 Å². The van der Waals surface area contributed by atoms with Crippen LogP contribution in [0.3, 0.4) is 0 Å². The molecule has 2 heterocycles. The third-order valence-electron chi connectivity index (χ3n) is 5.32. The first kappa shape index (κ1) is 22.6. The molecule has 2 aromatic carbocycles. The summed E-state index contributed by atoms with van der Waals surface area (Å²) in [6, 6.07) is 14.2. The molecule has 32 heavy (non-hydrogen) atoms. The molecule has 2 aliphatic heterocycles. The monoisotopic (exact) mass is 470 g/mol. The number of nitrogens with zero attached hydrogens (tertiary/aromatic N) is 2. The maximum atomic E-state index is 12.8. The maximum absolute atomic E-state index is 12.8. The zero-order valence-electron chi connectivity index (χ0n) is 17.8. The fraction of sp³-hybridized carbons (Fsp3) is 0.292. The molecule has 4 rings (SSSR count). The average molecular weight is 471 g/mol. The predicted molar refractivity (Wildman–Crippen MR) is 125 cm³/mol. The van der Waals surface area contributed by atoms with E-state index in [1.165, 1.54) is 4.90 Å². The van der Waals surface area contributed by atoms with Crippen LogP contribution in [0.2, 0.25) is 5.02 Å². The summed E-state index contributed by atoms with van der Waals surface area (Å²) < 4.78 is 5.69. The zero-order chi connectivity index (χ0) is 22.8. The number of ether oxygens (including phenoxy) is 1. The molecule has 0 bridgehead atoms. The van der Waals surface area contributed by atoms with Crippen molar-refractivity contribution in [1.29, 1.82) is 0 Å². The molecule has 3 amide bonds. The summed E-state index contributed by atoms with van der Waals surface area (Å²) in [5, 5.41) is 0.184. The van der Waals surface area contributed by atoms with E-state index in [0.29, 0.717) is 34.1 Å². The number of morpholine rings is 1. The molecular formula is C24H23ClN2O4S. The van der Waals surface area contributed by atoms with E-state index in [-0.39, 0.29) is 35.8 Å². The van der Waals surface area contributed by atoms with Crippen LogP contribution in [0, 0.1) is 0 Å². The van der Waals surface area contributed by atoms with Crippen molar-refractivity contribution in [2.75, 3.05) is 13.1 Å². The number of carbonyl (C=O) groups excluding carboxylic acids is 3. The minimum Gasteiger partial charge on any atom is -0.372 e. The lowest BCUT2D eigenvalue weighted by molar-refractivity contribution is -0.123. The SMILES string of the molecule is CC1CN(C(=O)c2ccc(/C=C3\SC(=O)N(Cc4ccccc4Cl)C3=O)cc2)CC(C)O1. The van der Waals surface area contributed by atoms with Crippen molar-refractivity contribution in [2.24, 2.45) is 0 Å². The number of hydrogen-bond acceptors (Lipinski definition) is 5. The van der Waals surface area contributed by atoms with Crippen LogP contribution >= 0.6 is 23.4 Å². The topological polar surface area (TPSA) is 66.9 Å². The summed E-state index contributed by atoms with van der Waals surface area (Å²) in [7, 11) is 0. The summed E-state index contributed by atoms with van der Waals surface area (Å²) in [5.74, 6) is -0.394. The maximum Gasteiger partial charge on any atom is 0.293 e. The Bertz CT molecular complexity index is 1080. The third-order valence-corrected chi connectivity index (χ3v) is 6.60. The van der Waals surface area contributed by atoms with Gasteiger partial charge in [0.25, 0.3) is 17.1 Å². The van der Waals surface area contributed by atoms with Gasteiger partial charge in [-0.3, -0.25) is 19.3 Å². The summed E-state index contributed by atoms with van der Waals surface area (Å²) in [6.45, 7) is 5.16. The number of amides is 3. The number of hydrogen-bond donors (Lipinski definition) is 0. The van der Waals surface area contributed by atoms with Crippen molar-refractivity contribution in [3.05, 3.63) is 75.1 Å². The molecule has 166 valence electrons. The number of rotatable bonds is 4. The Balaban J connectivity index is 1.46. The Morgan fingerprint density at radius 1 is 1.09 bits per heavy atom. The standard InChI is InChI=1S/C24H23ClN2O4S/c1-15-12-26(13-16(2)31-15)22(28)18-9-7-17(8-10-18)11-21-23(29)27(24(30)32-21)14-19-5-3-4-6-20(19)25/h3-11,15-16H,12-14H2,1-2H3/b21-11-. The summed E-state index contributed by atoms with van der Waals surface area (Å²) in [6.07, 6.45) is 1.68. The van der Waals surface area contributed by atoms with Gasteiger partial charge in [0.2, 0.25) is 0 Å². The first-order valence-electron chi connectivity index (χ1n) is 10.4. The van der Waals surface area contributed by atoms with E-state index in [0.717, 1.165) is 17.3 Å². The van der Waals surface area contributed by atoms with Crippen molar-refractivity contribution in [3.8, 4) is 0 Å². The molecule has 2 fully saturated rings. The number of benzene rings is 2. The molecular weight excluding hydrogens is 448 g/mol. The normalized spacial score (nSPS) is 22.7. The van der Waals surface area contributed by atoms with Crippen LogP contribution in [-0.4, -0.2) is 52.2 Å². The first-order valence-corrected chi connectivity index (χ1v) is 11.5. The van der Waals surface area contributed by atoms with Gasteiger partial charge >= 0.3 is 0 Å². The van der Waals surface area contributed by atoms with Crippen LogP contribution in [0.15, 0.2) is 53.4 Å². The minimum atomic E-state index is -0.351. The van der Waals surface area contributed by atoms with E-state index in [4.69, 9.17) is 16.3 Å². The Labute approximate surface area is 196 Å². The van der Waals surface area contributed by atoms with E-state index in [9.17, 15) is 14.4 Å². The fourth-order valence-electron chi connectivity index (χ4n) is 3.83. The molecule has 2 atom stereocenters. The summed E-state index contributed by atoms with van der Waals surface area (Å²) in [4.78, 5) is 41.3. The summed E-state index contributed by atoms with van der Waals surface area (Å²) in [5.41, 5.74) is 2.04. The number of thioether (sulfide) groups is 1. The Hall–Kier alpha value is -2.61. The average Bonchev–Trinajstić information content (AvgIpc) is 3.02. The molecule has 0 aliphatic carbocycles. The van der Waals surface area contributed by atoms with Gasteiger partial charge in [0.15, 0.2) is 0 Å². The Morgan fingerprint density at radius 3 is 2.41 bits per heavy atom. The lowest BCUT2D eigenvalue weighted by Crippen LogP contribution is -2.48. The van der Waals surface area contributed by atoms with Gasteiger partial charge in [-0.2, -0.15) is 0 Å². The first-order chi connectivity index (χ1) is 15.3. The molecule has 0 N–H and O–H groups in total. The van der Waals surface area contributed by atoms with E-state index in [2.05, 4.69) is 0 Å². The molecule has 0 saturated carbocycles. The Morgan fingerprint density at radius 2 is 1.75 bits per heavy atom. The van der Waals surface area contributed by atoms with Gasteiger partial charge in [-0.1, -0.05) is 41.9 Å². The molecule has 6 nitrogen and oxygen atoms in total. The molecule has 0 aromatic heterocycles. The van der Waals surface area contributed by atoms with Gasteiger partial charge in [-0.25, -0.2) is 0 Å². The third kappa shape index (κ3) is 4.90. The lowest BCUT2D eigenvalue weighted by Gasteiger charge is -2.35. The van der Waals surface area contributed by atoms with Crippen LogP contribution in [0.25, 0.3) is 6.08 Å². The van der Waals surface area contributed by atoms with Crippen LogP contribution in [0.5, 0.6) is 0 Å². The quantitative estimate of drug-likeness (QED) is 0.599. The van der Waals surface area contributed by atoms with Crippen LogP contribution in [-0.2, 0) is 16.1 Å². The van der Waals surface area contributed by atoms with Crippen LogP contribution in [0.1, 0.15) is 35.3 Å². The van der Waals surface area contributed by atoms with Crippen molar-refractivity contribution in [3.63, 3.8) is 0 Å². The van der Waals surface area contributed by atoms with E-state index < -0.39 is 0 Å². The second-order valence-corrected chi connectivity index (χ2v) is 9.35. The van der Waals surface area contributed by atoms with E-state index >= 15 is 0 Å². The second kappa shape index (κ2) is 9.48. The van der Waals surface area contributed by atoms with Gasteiger partial charge < -0.3 is 9.64 Å². The lowest BCUT2D eigenvalue weighted by atomic mass is 10.1. The molecule has 0 radical (unpaired) electrons. The molecule has 8 heteroatoms. The van der Waals surface area contributed by atoms with Crippen LogP contribution < -0.4 is 0 Å². The molecule has 2 aromatic rings. The van der Waals surface area contributed by atoms with Crippen molar-refractivity contribution in [2.45, 2.75) is 32.6 Å². The summed E-state index contributed by atoms with van der Waals surface area (Å²) >= 11 is 7.07. The highest BCUT2D eigenvalue weighted by atomic mass is 35.5. The predicted octanol–water partition coefficient (Wildman–Crippen LogP) is 4.83. The van der Waals surface area contributed by atoms with Crippen molar-refractivity contribution >= 4 is 46.5 Å².